The minimum atomic E-state index is -0.371. The fraction of sp³-hybridized carbons (Fsp3) is 0.533. The Morgan fingerprint density at radius 3 is 3.00 bits per heavy atom. The lowest BCUT2D eigenvalue weighted by molar-refractivity contribution is -0.132. The summed E-state index contributed by atoms with van der Waals surface area (Å²) in [5, 5.41) is 9.40. The first-order valence-corrected chi connectivity index (χ1v) is 6.93. The molecule has 0 bridgehead atoms. The number of aliphatic hydroxyl groups is 1. The van der Waals surface area contributed by atoms with Crippen molar-refractivity contribution in [3.63, 3.8) is 0 Å². The van der Waals surface area contributed by atoms with Crippen molar-refractivity contribution in [2.75, 3.05) is 19.7 Å². The van der Waals surface area contributed by atoms with Crippen molar-refractivity contribution >= 4 is 5.91 Å². The van der Waals surface area contributed by atoms with Gasteiger partial charge in [0.1, 0.15) is 5.75 Å². The Morgan fingerprint density at radius 1 is 1.37 bits per heavy atom. The molecule has 1 atom stereocenters. The summed E-state index contributed by atoms with van der Waals surface area (Å²) < 4.78 is 5.57. The molecule has 0 aromatic heterocycles. The molecule has 1 amide bonds. The van der Waals surface area contributed by atoms with Crippen molar-refractivity contribution in [1.82, 2.24) is 4.90 Å². The number of likely N-dealkylation sites (tertiary alicyclic amines) is 1. The molecule has 1 aliphatic heterocycles. The summed E-state index contributed by atoms with van der Waals surface area (Å²) in [7, 11) is 0. The van der Waals surface area contributed by atoms with E-state index in [1.54, 1.807) is 4.90 Å². The molecule has 0 radical (unpaired) electrons. The van der Waals surface area contributed by atoms with Gasteiger partial charge >= 0.3 is 0 Å². The van der Waals surface area contributed by atoms with E-state index in [1.807, 2.05) is 6.07 Å². The van der Waals surface area contributed by atoms with Gasteiger partial charge in [0.2, 0.25) is 0 Å². The van der Waals surface area contributed by atoms with Crippen LogP contribution < -0.4 is 4.74 Å². The molecule has 19 heavy (non-hydrogen) atoms. The van der Waals surface area contributed by atoms with Crippen LogP contribution in [0.25, 0.3) is 0 Å². The second-order valence-electron chi connectivity index (χ2n) is 5.35. The van der Waals surface area contributed by atoms with Gasteiger partial charge in [-0.1, -0.05) is 6.07 Å². The summed E-state index contributed by atoms with van der Waals surface area (Å²) in [6, 6.07) is 6.09. The number of amides is 1. The van der Waals surface area contributed by atoms with Crippen molar-refractivity contribution < 1.29 is 14.6 Å². The standard InChI is InChI=1S/C15H19NO3/c17-13-6-7-16(9-13)15(18)10-19-14-5-4-11-2-1-3-12(11)8-14/h4-5,8,13,17H,1-3,6-7,9-10H2. The number of carbonyl (C=O) groups excluding carboxylic acids is 1. The molecule has 0 saturated carbocycles. The van der Waals surface area contributed by atoms with Gasteiger partial charge in [-0.05, 0) is 48.9 Å². The molecule has 0 spiro atoms. The SMILES string of the molecule is O=C(COc1ccc2c(c1)CCC2)N1CCC(O)C1. The van der Waals surface area contributed by atoms with Gasteiger partial charge in [0.25, 0.3) is 5.91 Å². The van der Waals surface area contributed by atoms with Crippen LogP contribution in [-0.4, -0.2) is 41.7 Å². The van der Waals surface area contributed by atoms with Crippen molar-refractivity contribution in [2.45, 2.75) is 31.8 Å². The highest BCUT2D eigenvalue weighted by Crippen LogP contribution is 2.26. The first-order valence-electron chi connectivity index (χ1n) is 6.93. The minimum absolute atomic E-state index is 0.0444. The Bertz CT molecular complexity index is 486. The number of β-amino-alcohol motifs (C(OH)–C–C–N with tert-alkyl or cyclic N) is 1. The molecular weight excluding hydrogens is 242 g/mol. The largest absolute Gasteiger partial charge is 0.484 e. The predicted molar refractivity (Wildman–Crippen MR) is 71.2 cm³/mol. The van der Waals surface area contributed by atoms with Gasteiger partial charge in [-0.15, -0.1) is 0 Å². The normalized spacial score (nSPS) is 21.5. The number of hydrogen-bond donors (Lipinski definition) is 1. The maximum Gasteiger partial charge on any atom is 0.260 e. The Hall–Kier alpha value is -1.55. The highest BCUT2D eigenvalue weighted by atomic mass is 16.5. The number of rotatable bonds is 3. The van der Waals surface area contributed by atoms with Crippen LogP contribution in [0.1, 0.15) is 24.0 Å². The molecule has 2 aliphatic rings. The van der Waals surface area contributed by atoms with E-state index in [1.165, 1.54) is 17.5 Å². The topological polar surface area (TPSA) is 49.8 Å². The Kier molecular flexibility index (Phi) is 3.42. The fourth-order valence-electron chi connectivity index (χ4n) is 2.84. The molecule has 1 unspecified atom stereocenters. The zero-order valence-electron chi connectivity index (χ0n) is 11.0. The zero-order valence-corrected chi connectivity index (χ0v) is 11.0. The van der Waals surface area contributed by atoms with Crippen molar-refractivity contribution in [2.24, 2.45) is 0 Å². The van der Waals surface area contributed by atoms with Gasteiger partial charge in [0.15, 0.2) is 6.61 Å². The van der Waals surface area contributed by atoms with Crippen LogP contribution in [0.4, 0.5) is 0 Å². The van der Waals surface area contributed by atoms with E-state index in [9.17, 15) is 9.90 Å². The van der Waals surface area contributed by atoms with Crippen LogP contribution in [-0.2, 0) is 17.6 Å². The highest BCUT2D eigenvalue weighted by molar-refractivity contribution is 5.78. The number of fused-ring (bicyclic) bond motifs is 1. The number of benzene rings is 1. The van der Waals surface area contributed by atoms with E-state index >= 15 is 0 Å². The number of aryl methyl sites for hydroxylation is 2. The first kappa shape index (κ1) is 12.5. The summed E-state index contributed by atoms with van der Waals surface area (Å²) in [6.45, 7) is 1.13. The number of hydrogen-bond acceptors (Lipinski definition) is 3. The summed E-state index contributed by atoms with van der Waals surface area (Å²) in [5.74, 6) is 0.728. The lowest BCUT2D eigenvalue weighted by Crippen LogP contribution is -2.33. The van der Waals surface area contributed by atoms with Gasteiger partial charge in [-0.3, -0.25) is 4.79 Å². The van der Waals surface area contributed by atoms with Crippen LogP contribution in [0.2, 0.25) is 0 Å². The quantitative estimate of drug-likeness (QED) is 0.888. The lowest BCUT2D eigenvalue weighted by Gasteiger charge is -2.16. The van der Waals surface area contributed by atoms with E-state index in [4.69, 9.17) is 4.74 Å². The maximum absolute atomic E-state index is 11.9. The molecule has 1 fully saturated rings. The summed E-state index contributed by atoms with van der Waals surface area (Å²) >= 11 is 0. The van der Waals surface area contributed by atoms with E-state index in [-0.39, 0.29) is 18.6 Å². The van der Waals surface area contributed by atoms with Crippen LogP contribution in [0, 0.1) is 0 Å². The molecule has 4 nitrogen and oxygen atoms in total. The summed E-state index contributed by atoms with van der Waals surface area (Å²) in [4.78, 5) is 13.6. The molecule has 4 heteroatoms. The van der Waals surface area contributed by atoms with E-state index < -0.39 is 0 Å². The van der Waals surface area contributed by atoms with Crippen molar-refractivity contribution in [1.29, 1.82) is 0 Å². The van der Waals surface area contributed by atoms with E-state index in [0.29, 0.717) is 19.5 Å². The molecule has 1 aromatic carbocycles. The maximum atomic E-state index is 11.9. The second-order valence-corrected chi connectivity index (χ2v) is 5.35. The van der Waals surface area contributed by atoms with Crippen LogP contribution in [0.3, 0.4) is 0 Å². The molecule has 102 valence electrons. The van der Waals surface area contributed by atoms with Crippen LogP contribution >= 0.6 is 0 Å². The van der Waals surface area contributed by atoms with Crippen molar-refractivity contribution in [3.8, 4) is 5.75 Å². The third-order valence-corrected chi connectivity index (χ3v) is 3.95. The predicted octanol–water partition coefficient (Wildman–Crippen LogP) is 1.15. The third-order valence-electron chi connectivity index (χ3n) is 3.95. The molecule has 1 heterocycles. The third kappa shape index (κ3) is 2.73. The summed E-state index contributed by atoms with van der Waals surface area (Å²) in [6.07, 6.45) is 3.77. The fourth-order valence-corrected chi connectivity index (χ4v) is 2.84. The second kappa shape index (κ2) is 5.21. The van der Waals surface area contributed by atoms with Gasteiger partial charge < -0.3 is 14.7 Å². The zero-order chi connectivity index (χ0) is 13.2. The number of aliphatic hydroxyl groups excluding tert-OH is 1. The number of ether oxygens (including phenoxy) is 1. The highest BCUT2D eigenvalue weighted by Gasteiger charge is 2.24. The van der Waals surface area contributed by atoms with Crippen molar-refractivity contribution in [3.05, 3.63) is 29.3 Å². The first-order chi connectivity index (χ1) is 9.22. The Balaban J connectivity index is 1.56. The van der Waals surface area contributed by atoms with Gasteiger partial charge in [-0.2, -0.15) is 0 Å². The Labute approximate surface area is 113 Å². The molecular formula is C15H19NO3. The Morgan fingerprint density at radius 2 is 2.21 bits per heavy atom. The van der Waals surface area contributed by atoms with Gasteiger partial charge in [0, 0.05) is 13.1 Å². The average Bonchev–Trinajstić information content (AvgIpc) is 3.03. The average molecular weight is 261 g/mol. The minimum Gasteiger partial charge on any atom is -0.484 e. The van der Waals surface area contributed by atoms with E-state index in [0.717, 1.165) is 18.6 Å². The number of carbonyl (C=O) groups is 1. The molecule has 3 rings (SSSR count). The molecule has 1 aliphatic carbocycles. The van der Waals surface area contributed by atoms with Gasteiger partial charge in [-0.25, -0.2) is 0 Å². The summed E-state index contributed by atoms with van der Waals surface area (Å²) in [5.41, 5.74) is 2.75. The van der Waals surface area contributed by atoms with Crippen LogP contribution in [0.5, 0.6) is 5.75 Å². The lowest BCUT2D eigenvalue weighted by atomic mass is 10.1. The molecule has 1 saturated heterocycles. The van der Waals surface area contributed by atoms with Crippen LogP contribution in [0.15, 0.2) is 18.2 Å². The number of nitrogens with zero attached hydrogens (tertiary/aromatic N) is 1. The smallest absolute Gasteiger partial charge is 0.260 e. The van der Waals surface area contributed by atoms with Gasteiger partial charge in [0.05, 0.1) is 6.10 Å². The molecule has 1 N–H and O–H groups in total. The monoisotopic (exact) mass is 261 g/mol. The van der Waals surface area contributed by atoms with E-state index in [2.05, 4.69) is 12.1 Å². The molecule has 1 aromatic rings.